The topological polar surface area (TPSA) is 53.8 Å². The van der Waals surface area contributed by atoms with E-state index < -0.39 is 0 Å². The van der Waals surface area contributed by atoms with Gasteiger partial charge in [0, 0.05) is 18.7 Å². The van der Waals surface area contributed by atoms with Crippen molar-refractivity contribution in [1.82, 2.24) is 9.80 Å². The highest BCUT2D eigenvalue weighted by Gasteiger charge is 2.23. The maximum absolute atomic E-state index is 13.5. The summed E-state index contributed by atoms with van der Waals surface area (Å²) in [7, 11) is 0. The van der Waals surface area contributed by atoms with E-state index in [9.17, 15) is 9.59 Å². The maximum Gasteiger partial charge on any atom is 0.254 e. The standard InChI is InChI=1S/C31H38N2O3/c1-4-6-7-9-12-26-16-18-28(19-17-26)31(35)32(21-5-2)24-30(34)33(22-27-13-10-8-11-14-27)23-29-20-15-25(3)36-29/h5,8,10-11,13-20H,2,4,6-7,9,12,21-24H2,1,3H3. The van der Waals surface area contributed by atoms with E-state index in [2.05, 4.69) is 13.5 Å². The van der Waals surface area contributed by atoms with Gasteiger partial charge in [-0.3, -0.25) is 9.59 Å². The molecule has 2 aromatic carbocycles. The van der Waals surface area contributed by atoms with E-state index >= 15 is 0 Å². The molecule has 0 spiro atoms. The molecule has 5 heteroatoms. The van der Waals surface area contributed by atoms with Crippen LogP contribution in [0.1, 0.15) is 65.6 Å². The lowest BCUT2D eigenvalue weighted by Gasteiger charge is -2.27. The lowest BCUT2D eigenvalue weighted by Crippen LogP contribution is -2.42. The lowest BCUT2D eigenvalue weighted by atomic mass is 10.0. The lowest BCUT2D eigenvalue weighted by molar-refractivity contribution is -0.133. The fraction of sp³-hybridized carbons (Fsp3) is 0.355. The van der Waals surface area contributed by atoms with Gasteiger partial charge in [0.25, 0.3) is 5.91 Å². The number of aryl methyl sites for hydroxylation is 2. The first kappa shape index (κ1) is 27.0. The van der Waals surface area contributed by atoms with Gasteiger partial charge in [-0.25, -0.2) is 0 Å². The number of carbonyl (C=O) groups is 2. The molecule has 0 bridgehead atoms. The Morgan fingerprint density at radius 1 is 0.861 bits per heavy atom. The summed E-state index contributed by atoms with van der Waals surface area (Å²) in [6.45, 7) is 8.92. The molecule has 5 nitrogen and oxygen atoms in total. The Bertz CT molecular complexity index is 1100. The number of benzene rings is 2. The molecule has 3 aromatic rings. The molecule has 0 saturated heterocycles. The van der Waals surface area contributed by atoms with Crippen molar-refractivity contribution in [1.29, 1.82) is 0 Å². The Labute approximate surface area is 215 Å². The zero-order valence-corrected chi connectivity index (χ0v) is 21.6. The molecule has 0 aliphatic carbocycles. The van der Waals surface area contributed by atoms with Crippen LogP contribution in [0.25, 0.3) is 0 Å². The molecule has 3 rings (SSSR count). The van der Waals surface area contributed by atoms with Crippen LogP contribution in [0.3, 0.4) is 0 Å². The van der Waals surface area contributed by atoms with Crippen molar-refractivity contribution in [2.24, 2.45) is 0 Å². The molecule has 36 heavy (non-hydrogen) atoms. The number of hydrogen-bond acceptors (Lipinski definition) is 3. The van der Waals surface area contributed by atoms with E-state index in [0.717, 1.165) is 24.2 Å². The van der Waals surface area contributed by atoms with Crippen molar-refractivity contribution < 1.29 is 14.0 Å². The van der Waals surface area contributed by atoms with E-state index in [1.165, 1.54) is 24.8 Å². The largest absolute Gasteiger partial charge is 0.464 e. The Kier molecular flexibility index (Phi) is 10.6. The molecule has 0 aliphatic heterocycles. The molecule has 0 atom stereocenters. The molecule has 0 fully saturated rings. The van der Waals surface area contributed by atoms with Crippen LogP contribution in [0.4, 0.5) is 0 Å². The monoisotopic (exact) mass is 486 g/mol. The molecule has 2 amide bonds. The average Bonchev–Trinajstić information content (AvgIpc) is 3.31. The Morgan fingerprint density at radius 3 is 2.25 bits per heavy atom. The van der Waals surface area contributed by atoms with E-state index in [-0.39, 0.29) is 18.4 Å². The van der Waals surface area contributed by atoms with Gasteiger partial charge in [-0.05, 0) is 55.2 Å². The number of unbranched alkanes of at least 4 members (excludes halogenated alkanes) is 3. The van der Waals surface area contributed by atoms with Crippen LogP contribution in [0, 0.1) is 6.92 Å². The van der Waals surface area contributed by atoms with Crippen molar-refractivity contribution in [2.75, 3.05) is 13.1 Å². The fourth-order valence-electron chi connectivity index (χ4n) is 4.19. The predicted molar refractivity (Wildman–Crippen MR) is 145 cm³/mol. The quantitative estimate of drug-likeness (QED) is 0.191. The van der Waals surface area contributed by atoms with Gasteiger partial charge in [0.2, 0.25) is 5.91 Å². The Balaban J connectivity index is 1.70. The minimum atomic E-state index is -0.172. The van der Waals surface area contributed by atoms with Crippen LogP contribution in [0.5, 0.6) is 0 Å². The number of amides is 2. The molecule has 0 N–H and O–H groups in total. The first-order valence-corrected chi connectivity index (χ1v) is 12.9. The number of nitrogens with zero attached hydrogens (tertiary/aromatic N) is 2. The minimum Gasteiger partial charge on any atom is -0.464 e. The second kappa shape index (κ2) is 14.1. The van der Waals surface area contributed by atoms with Gasteiger partial charge in [-0.15, -0.1) is 6.58 Å². The van der Waals surface area contributed by atoms with Crippen LogP contribution in [-0.2, 0) is 24.3 Å². The first-order valence-electron chi connectivity index (χ1n) is 12.9. The summed E-state index contributed by atoms with van der Waals surface area (Å²) < 4.78 is 5.73. The fourth-order valence-corrected chi connectivity index (χ4v) is 4.19. The summed E-state index contributed by atoms with van der Waals surface area (Å²) >= 11 is 0. The zero-order valence-electron chi connectivity index (χ0n) is 21.6. The smallest absolute Gasteiger partial charge is 0.254 e. The van der Waals surface area contributed by atoms with E-state index in [1.807, 2.05) is 73.7 Å². The second-order valence-corrected chi connectivity index (χ2v) is 9.23. The summed E-state index contributed by atoms with van der Waals surface area (Å²) in [4.78, 5) is 30.1. The van der Waals surface area contributed by atoms with Gasteiger partial charge in [0.1, 0.15) is 18.1 Å². The highest BCUT2D eigenvalue weighted by Crippen LogP contribution is 2.15. The summed E-state index contributed by atoms with van der Waals surface area (Å²) in [6, 6.07) is 21.4. The van der Waals surface area contributed by atoms with Gasteiger partial charge in [0.15, 0.2) is 0 Å². The molecule has 190 valence electrons. The highest BCUT2D eigenvalue weighted by atomic mass is 16.3. The third-order valence-corrected chi connectivity index (χ3v) is 6.19. The predicted octanol–water partition coefficient (Wildman–Crippen LogP) is 6.57. The average molecular weight is 487 g/mol. The van der Waals surface area contributed by atoms with Crippen molar-refractivity contribution >= 4 is 11.8 Å². The molecule has 0 radical (unpaired) electrons. The highest BCUT2D eigenvalue weighted by molar-refractivity contribution is 5.96. The molecule has 0 saturated carbocycles. The number of furan rings is 1. The maximum atomic E-state index is 13.5. The number of hydrogen-bond donors (Lipinski definition) is 0. The molecular formula is C31H38N2O3. The molecule has 1 heterocycles. The van der Waals surface area contributed by atoms with Crippen molar-refractivity contribution in [3.63, 3.8) is 0 Å². The van der Waals surface area contributed by atoms with Gasteiger partial charge in [-0.1, -0.05) is 74.7 Å². The zero-order chi connectivity index (χ0) is 25.8. The summed E-state index contributed by atoms with van der Waals surface area (Å²) in [6.07, 6.45) is 7.53. The van der Waals surface area contributed by atoms with Crippen LogP contribution < -0.4 is 0 Å². The van der Waals surface area contributed by atoms with Gasteiger partial charge in [0.05, 0.1) is 6.54 Å². The van der Waals surface area contributed by atoms with E-state index in [4.69, 9.17) is 4.42 Å². The Hall–Kier alpha value is -3.60. The van der Waals surface area contributed by atoms with Gasteiger partial charge < -0.3 is 14.2 Å². The van der Waals surface area contributed by atoms with Crippen molar-refractivity contribution in [3.8, 4) is 0 Å². The van der Waals surface area contributed by atoms with Gasteiger partial charge >= 0.3 is 0 Å². The number of carbonyl (C=O) groups excluding carboxylic acids is 2. The van der Waals surface area contributed by atoms with Crippen molar-refractivity contribution in [2.45, 2.75) is 59.0 Å². The molecule has 1 aromatic heterocycles. The summed E-state index contributed by atoms with van der Waals surface area (Å²) in [5.74, 6) is 1.20. The SMILES string of the molecule is C=CCN(CC(=O)N(Cc1ccccc1)Cc1ccc(C)o1)C(=O)c1ccc(CCCCCC)cc1. The first-order chi connectivity index (χ1) is 17.5. The van der Waals surface area contributed by atoms with Crippen LogP contribution in [0.15, 0.2) is 83.8 Å². The molecular weight excluding hydrogens is 448 g/mol. The van der Waals surface area contributed by atoms with Gasteiger partial charge in [-0.2, -0.15) is 0 Å². The second-order valence-electron chi connectivity index (χ2n) is 9.23. The third-order valence-electron chi connectivity index (χ3n) is 6.19. The van der Waals surface area contributed by atoms with Crippen LogP contribution >= 0.6 is 0 Å². The van der Waals surface area contributed by atoms with E-state index in [0.29, 0.717) is 31.0 Å². The Morgan fingerprint density at radius 2 is 1.61 bits per heavy atom. The normalized spacial score (nSPS) is 10.7. The summed E-state index contributed by atoms with van der Waals surface area (Å²) in [5.41, 5.74) is 2.83. The number of rotatable bonds is 14. The molecule has 0 aliphatic rings. The summed E-state index contributed by atoms with van der Waals surface area (Å²) in [5, 5.41) is 0. The minimum absolute atomic E-state index is 0.0316. The van der Waals surface area contributed by atoms with E-state index in [1.54, 1.807) is 15.9 Å². The van der Waals surface area contributed by atoms with Crippen LogP contribution in [0.2, 0.25) is 0 Å². The third kappa shape index (κ3) is 8.26. The van der Waals surface area contributed by atoms with Crippen LogP contribution in [-0.4, -0.2) is 34.7 Å². The molecule has 0 unspecified atom stereocenters. The van der Waals surface area contributed by atoms with Crippen molar-refractivity contribution in [3.05, 3.63) is 108 Å².